The minimum absolute atomic E-state index is 0.0880. The van der Waals surface area contributed by atoms with E-state index in [4.69, 9.17) is 4.43 Å². The van der Waals surface area contributed by atoms with Crippen molar-refractivity contribution in [3.63, 3.8) is 0 Å². The molecule has 6 heteroatoms. The molecule has 1 heterocycles. The Kier molecular flexibility index (Phi) is 3.10. The van der Waals surface area contributed by atoms with Gasteiger partial charge < -0.3 is 9.53 Å². The van der Waals surface area contributed by atoms with E-state index in [-0.39, 0.29) is 16.9 Å². The number of piperidine rings is 1. The highest BCUT2D eigenvalue weighted by Crippen LogP contribution is 2.57. The van der Waals surface area contributed by atoms with Crippen molar-refractivity contribution in [2.24, 2.45) is 5.92 Å². The van der Waals surface area contributed by atoms with Crippen LogP contribution < -0.4 is 0 Å². The Morgan fingerprint density at radius 1 is 1.53 bits per heavy atom. The Bertz CT molecular complexity index is 429. The molecule has 2 atom stereocenters. The first-order chi connectivity index (χ1) is 8.51. The Balaban J connectivity index is 2.09. The van der Waals surface area contributed by atoms with Crippen LogP contribution in [0.1, 0.15) is 33.6 Å². The van der Waals surface area contributed by atoms with E-state index in [1.165, 1.54) is 0 Å². The molecule has 5 nitrogen and oxygen atoms in total. The largest absolute Gasteiger partial charge is 0.465 e. The first-order valence-electron chi connectivity index (χ1n) is 6.71. The van der Waals surface area contributed by atoms with Gasteiger partial charge in [0.15, 0.2) is 8.32 Å². The summed E-state index contributed by atoms with van der Waals surface area (Å²) in [6.45, 7) is 11.1. The lowest BCUT2D eigenvalue weighted by atomic mass is 10.2. The van der Waals surface area contributed by atoms with Gasteiger partial charge in [-0.3, -0.25) is 4.79 Å². The molecule has 0 aromatic rings. The third-order valence-electron chi connectivity index (χ3n) is 5.00. The van der Waals surface area contributed by atoms with Gasteiger partial charge in [-0.1, -0.05) is 20.8 Å². The standard InChI is InChI=1S/C13H23NO4Si/c1-12(2,3)19(4,5)18-8-13-7-9(13)6-10(15)14(13)11(16)17/h9H,6-8H2,1-5H3,(H,16,17). The molecule has 2 aliphatic rings. The highest BCUT2D eigenvalue weighted by molar-refractivity contribution is 6.74. The number of fused-ring (bicyclic) bond motifs is 1. The number of carbonyl (C=O) groups is 2. The second-order valence-electron chi connectivity index (χ2n) is 7.27. The van der Waals surface area contributed by atoms with Crippen molar-refractivity contribution in [2.45, 2.75) is 57.3 Å². The second-order valence-corrected chi connectivity index (χ2v) is 12.1. The van der Waals surface area contributed by atoms with E-state index < -0.39 is 19.9 Å². The van der Waals surface area contributed by atoms with Gasteiger partial charge in [0.25, 0.3) is 0 Å². The van der Waals surface area contributed by atoms with Crippen LogP contribution in [-0.2, 0) is 9.22 Å². The van der Waals surface area contributed by atoms with E-state index in [0.29, 0.717) is 13.0 Å². The van der Waals surface area contributed by atoms with Gasteiger partial charge >= 0.3 is 6.09 Å². The molecule has 1 aliphatic heterocycles. The molecule has 108 valence electrons. The molecule has 0 radical (unpaired) electrons. The van der Waals surface area contributed by atoms with Gasteiger partial charge in [0, 0.05) is 6.42 Å². The zero-order valence-corrected chi connectivity index (χ0v) is 13.3. The lowest BCUT2D eigenvalue weighted by Gasteiger charge is -2.38. The minimum atomic E-state index is -1.91. The summed E-state index contributed by atoms with van der Waals surface area (Å²) in [6.07, 6.45) is -0.0175. The topological polar surface area (TPSA) is 66.8 Å². The summed E-state index contributed by atoms with van der Waals surface area (Å²) >= 11 is 0. The van der Waals surface area contributed by atoms with Gasteiger partial charge in [-0.25, -0.2) is 9.69 Å². The summed E-state index contributed by atoms with van der Waals surface area (Å²) in [5.74, 6) is -0.108. The molecule has 19 heavy (non-hydrogen) atoms. The summed E-state index contributed by atoms with van der Waals surface area (Å²) in [4.78, 5) is 23.9. The average Bonchev–Trinajstić information content (AvgIpc) is 2.80. The van der Waals surface area contributed by atoms with Crippen molar-refractivity contribution in [3.8, 4) is 0 Å². The molecule has 0 spiro atoms. The fraction of sp³-hybridized carbons (Fsp3) is 0.846. The van der Waals surface area contributed by atoms with Crippen molar-refractivity contribution >= 4 is 20.3 Å². The van der Waals surface area contributed by atoms with E-state index in [0.717, 1.165) is 11.3 Å². The quantitative estimate of drug-likeness (QED) is 0.810. The number of likely N-dealkylation sites (tertiary alicyclic amines) is 1. The molecule has 1 saturated carbocycles. The number of imide groups is 1. The second kappa shape index (κ2) is 4.05. The summed E-state index contributed by atoms with van der Waals surface area (Å²) in [5.41, 5.74) is -0.557. The van der Waals surface area contributed by atoms with Crippen molar-refractivity contribution in [2.75, 3.05) is 6.61 Å². The smallest absolute Gasteiger partial charge is 0.414 e. The first kappa shape index (κ1) is 14.5. The highest BCUT2D eigenvalue weighted by atomic mass is 28.4. The number of carboxylic acid groups (broad SMARTS) is 1. The molecule has 2 fully saturated rings. The Hall–Kier alpha value is -0.883. The Morgan fingerprint density at radius 2 is 2.11 bits per heavy atom. The van der Waals surface area contributed by atoms with E-state index in [1.807, 2.05) is 0 Å². The van der Waals surface area contributed by atoms with Gasteiger partial charge in [-0.15, -0.1) is 0 Å². The molecule has 2 rings (SSSR count). The van der Waals surface area contributed by atoms with Gasteiger partial charge in [0.1, 0.15) is 0 Å². The highest BCUT2D eigenvalue weighted by Gasteiger charge is 2.68. The molecule has 2 unspecified atom stereocenters. The zero-order valence-electron chi connectivity index (χ0n) is 12.3. The SMILES string of the molecule is CC(C)(C)[Si](C)(C)OCC12CC1CC(=O)N2C(=O)O. The number of amides is 2. The Morgan fingerprint density at radius 3 is 2.58 bits per heavy atom. The fourth-order valence-electron chi connectivity index (χ4n) is 2.51. The average molecular weight is 285 g/mol. The van der Waals surface area contributed by atoms with Gasteiger partial charge in [-0.05, 0) is 30.5 Å². The fourth-order valence-corrected chi connectivity index (χ4v) is 3.56. The van der Waals surface area contributed by atoms with Crippen LogP contribution in [0.2, 0.25) is 18.1 Å². The third-order valence-corrected chi connectivity index (χ3v) is 9.47. The van der Waals surface area contributed by atoms with Crippen molar-refractivity contribution in [1.29, 1.82) is 0 Å². The van der Waals surface area contributed by atoms with Crippen molar-refractivity contribution in [1.82, 2.24) is 4.90 Å². The van der Waals surface area contributed by atoms with E-state index in [9.17, 15) is 14.7 Å². The van der Waals surface area contributed by atoms with Gasteiger partial charge in [0.05, 0.1) is 12.1 Å². The van der Waals surface area contributed by atoms with E-state index in [1.54, 1.807) is 0 Å². The molecule has 2 amide bonds. The lowest BCUT2D eigenvalue weighted by Crippen LogP contribution is -2.49. The zero-order chi connectivity index (χ0) is 14.6. The van der Waals surface area contributed by atoms with Crippen LogP contribution >= 0.6 is 0 Å². The predicted molar refractivity (Wildman–Crippen MR) is 73.5 cm³/mol. The minimum Gasteiger partial charge on any atom is -0.465 e. The Labute approximate surface area is 115 Å². The summed E-state index contributed by atoms with van der Waals surface area (Å²) in [6, 6.07) is 0. The van der Waals surface area contributed by atoms with E-state index in [2.05, 4.69) is 33.9 Å². The maximum atomic E-state index is 11.7. The summed E-state index contributed by atoms with van der Waals surface area (Å²) < 4.78 is 6.13. The number of hydrogen-bond acceptors (Lipinski definition) is 3. The number of rotatable bonds is 3. The van der Waals surface area contributed by atoms with Gasteiger partial charge in [-0.2, -0.15) is 0 Å². The molecule has 0 bridgehead atoms. The predicted octanol–water partition coefficient (Wildman–Crippen LogP) is 2.68. The lowest BCUT2D eigenvalue weighted by molar-refractivity contribution is -0.129. The monoisotopic (exact) mass is 285 g/mol. The van der Waals surface area contributed by atoms with Crippen molar-refractivity contribution < 1.29 is 19.1 Å². The molecular weight excluding hydrogens is 262 g/mol. The molecule has 0 aromatic carbocycles. The van der Waals surface area contributed by atoms with Crippen LogP contribution in [0.5, 0.6) is 0 Å². The number of nitrogens with zero attached hydrogens (tertiary/aromatic N) is 1. The van der Waals surface area contributed by atoms with Crippen LogP contribution in [0.25, 0.3) is 0 Å². The molecule has 1 aliphatic carbocycles. The van der Waals surface area contributed by atoms with Crippen LogP contribution in [0.3, 0.4) is 0 Å². The maximum Gasteiger partial charge on any atom is 0.414 e. The summed E-state index contributed by atoms with van der Waals surface area (Å²) in [5, 5.41) is 9.28. The van der Waals surface area contributed by atoms with E-state index >= 15 is 0 Å². The number of carbonyl (C=O) groups excluding carboxylic acids is 1. The van der Waals surface area contributed by atoms with Crippen LogP contribution in [0.4, 0.5) is 4.79 Å². The third kappa shape index (κ3) is 2.21. The molecule has 0 aromatic heterocycles. The molecular formula is C13H23NO4Si. The number of hydrogen-bond donors (Lipinski definition) is 1. The van der Waals surface area contributed by atoms with Gasteiger partial charge in [0.2, 0.25) is 5.91 Å². The van der Waals surface area contributed by atoms with Crippen LogP contribution in [-0.4, -0.2) is 42.5 Å². The first-order valence-corrected chi connectivity index (χ1v) is 9.62. The molecule has 1 N–H and O–H groups in total. The maximum absolute atomic E-state index is 11.7. The normalized spacial score (nSPS) is 30.5. The van der Waals surface area contributed by atoms with Crippen LogP contribution in [0.15, 0.2) is 0 Å². The van der Waals surface area contributed by atoms with Crippen LogP contribution in [0, 0.1) is 5.92 Å². The van der Waals surface area contributed by atoms with Crippen molar-refractivity contribution in [3.05, 3.63) is 0 Å². The molecule has 1 saturated heterocycles. The summed E-state index contributed by atoms with van der Waals surface area (Å²) in [7, 11) is -1.91.